The van der Waals surface area contributed by atoms with E-state index in [9.17, 15) is 9.59 Å². The Balaban J connectivity index is 1.13. The molecule has 5 aromatic rings. The van der Waals surface area contributed by atoms with Gasteiger partial charge in [-0.05, 0) is 60.7 Å². The number of amides is 2. The van der Waals surface area contributed by atoms with E-state index in [-0.39, 0.29) is 18.4 Å². The number of aromatic nitrogens is 1. The number of hydrogen-bond donors (Lipinski definition) is 3. The molecule has 0 fully saturated rings. The number of carbonyl (C=O) groups excluding carboxylic acids is 2. The standard InChI is InChI=1S/C32H27N5O4S/c1-40-27-17-15-26(16-18-27)34-30(38)20-41-29-10-6-5-7-24(29)19-33-37-31(39)23-13-11-22(12-14-23)28-21-42-32(36-28)35-25-8-3-2-4-9-25/h2-19,21H,20H2,1H3,(H,34,38)(H,35,36)(H,37,39)/b33-19+. The Labute approximate surface area is 246 Å². The zero-order valence-corrected chi connectivity index (χ0v) is 23.4. The minimum Gasteiger partial charge on any atom is -0.497 e. The van der Waals surface area contributed by atoms with Crippen molar-refractivity contribution < 1.29 is 19.1 Å². The lowest BCUT2D eigenvalue weighted by Crippen LogP contribution is -2.20. The van der Waals surface area contributed by atoms with E-state index in [0.717, 1.165) is 22.1 Å². The molecule has 0 atom stereocenters. The predicted molar refractivity (Wildman–Crippen MR) is 166 cm³/mol. The van der Waals surface area contributed by atoms with Gasteiger partial charge in [0.1, 0.15) is 11.5 Å². The lowest BCUT2D eigenvalue weighted by molar-refractivity contribution is -0.118. The molecule has 2 amide bonds. The summed E-state index contributed by atoms with van der Waals surface area (Å²) in [6.07, 6.45) is 1.47. The van der Waals surface area contributed by atoms with E-state index < -0.39 is 0 Å². The normalized spacial score (nSPS) is 10.7. The largest absolute Gasteiger partial charge is 0.497 e. The average molecular weight is 578 g/mol. The minimum atomic E-state index is -0.361. The molecule has 42 heavy (non-hydrogen) atoms. The number of nitrogens with zero attached hydrogens (tertiary/aromatic N) is 2. The molecule has 0 aliphatic rings. The van der Waals surface area contributed by atoms with Crippen LogP contribution in [0.5, 0.6) is 11.5 Å². The highest BCUT2D eigenvalue weighted by molar-refractivity contribution is 7.14. The van der Waals surface area contributed by atoms with Gasteiger partial charge in [-0.15, -0.1) is 11.3 Å². The lowest BCUT2D eigenvalue weighted by atomic mass is 10.1. The number of hydrazone groups is 1. The number of para-hydroxylation sites is 2. The summed E-state index contributed by atoms with van der Waals surface area (Å²) in [6.45, 7) is -0.196. The van der Waals surface area contributed by atoms with Crippen LogP contribution in [0.25, 0.3) is 11.3 Å². The van der Waals surface area contributed by atoms with Crippen LogP contribution < -0.4 is 25.5 Å². The Morgan fingerprint density at radius 3 is 2.38 bits per heavy atom. The van der Waals surface area contributed by atoms with Crippen molar-refractivity contribution in [1.29, 1.82) is 0 Å². The topological polar surface area (TPSA) is 114 Å². The summed E-state index contributed by atoms with van der Waals surface area (Å²) in [5.74, 6) is 0.474. The maximum atomic E-state index is 12.7. The number of methoxy groups -OCH3 is 1. The molecule has 0 spiro atoms. The Hall–Kier alpha value is -5.48. The minimum absolute atomic E-state index is 0.196. The summed E-state index contributed by atoms with van der Waals surface area (Å²) in [4.78, 5) is 29.6. The second-order valence-corrected chi connectivity index (χ2v) is 9.77. The molecule has 4 aromatic carbocycles. The predicted octanol–water partition coefficient (Wildman–Crippen LogP) is 6.34. The molecule has 0 unspecified atom stereocenters. The first kappa shape index (κ1) is 28.1. The van der Waals surface area contributed by atoms with Crippen molar-refractivity contribution in [1.82, 2.24) is 10.4 Å². The number of carbonyl (C=O) groups is 2. The molecule has 210 valence electrons. The van der Waals surface area contributed by atoms with Crippen molar-refractivity contribution in [3.05, 3.63) is 120 Å². The molecular weight excluding hydrogens is 550 g/mol. The van der Waals surface area contributed by atoms with Crippen LogP contribution in [0.4, 0.5) is 16.5 Å². The van der Waals surface area contributed by atoms with E-state index >= 15 is 0 Å². The van der Waals surface area contributed by atoms with Gasteiger partial charge in [-0.2, -0.15) is 5.10 Å². The van der Waals surface area contributed by atoms with Crippen LogP contribution in [0.3, 0.4) is 0 Å². The van der Waals surface area contributed by atoms with Gasteiger partial charge in [-0.3, -0.25) is 9.59 Å². The van der Waals surface area contributed by atoms with Crippen LogP contribution in [0.15, 0.2) is 114 Å². The number of anilines is 3. The molecule has 0 saturated heterocycles. The van der Waals surface area contributed by atoms with Crippen LogP contribution in [0.1, 0.15) is 15.9 Å². The second-order valence-electron chi connectivity index (χ2n) is 8.91. The van der Waals surface area contributed by atoms with Gasteiger partial charge in [0, 0.05) is 33.4 Å². The summed E-state index contributed by atoms with van der Waals surface area (Å²) < 4.78 is 10.8. The first-order valence-corrected chi connectivity index (χ1v) is 13.8. The highest BCUT2D eigenvalue weighted by atomic mass is 32.1. The fraction of sp³-hybridized carbons (Fsp3) is 0.0625. The van der Waals surface area contributed by atoms with Crippen molar-refractivity contribution in [2.24, 2.45) is 5.10 Å². The monoisotopic (exact) mass is 577 g/mol. The smallest absolute Gasteiger partial charge is 0.271 e. The van der Waals surface area contributed by atoms with Gasteiger partial charge in [0.15, 0.2) is 11.7 Å². The molecule has 1 aromatic heterocycles. The fourth-order valence-electron chi connectivity index (χ4n) is 3.86. The van der Waals surface area contributed by atoms with Crippen LogP contribution >= 0.6 is 11.3 Å². The van der Waals surface area contributed by atoms with E-state index in [1.165, 1.54) is 17.6 Å². The van der Waals surface area contributed by atoms with Gasteiger partial charge in [-0.1, -0.05) is 42.5 Å². The maximum absolute atomic E-state index is 12.7. The number of hydrogen-bond acceptors (Lipinski definition) is 8. The van der Waals surface area contributed by atoms with E-state index in [2.05, 4.69) is 26.1 Å². The summed E-state index contributed by atoms with van der Waals surface area (Å²) in [5, 5.41) is 12.9. The SMILES string of the molecule is COc1ccc(NC(=O)COc2ccccc2/C=N/NC(=O)c2ccc(-c3csc(Nc4ccccc4)n3)cc2)cc1. The summed E-state index contributed by atoms with van der Waals surface area (Å²) >= 11 is 1.51. The van der Waals surface area contributed by atoms with Crippen molar-refractivity contribution in [2.75, 3.05) is 24.4 Å². The van der Waals surface area contributed by atoms with Gasteiger partial charge in [0.2, 0.25) is 0 Å². The third kappa shape index (κ3) is 7.58. The first-order valence-electron chi connectivity index (χ1n) is 12.9. The molecule has 0 saturated carbocycles. The third-order valence-corrected chi connectivity index (χ3v) is 6.75. The molecular formula is C32H27N5O4S. The van der Waals surface area contributed by atoms with Crippen molar-refractivity contribution in [3.63, 3.8) is 0 Å². The van der Waals surface area contributed by atoms with Crippen LogP contribution in [0.2, 0.25) is 0 Å². The van der Waals surface area contributed by atoms with Crippen LogP contribution in [-0.2, 0) is 4.79 Å². The number of ether oxygens (including phenoxy) is 2. The lowest BCUT2D eigenvalue weighted by Gasteiger charge is -2.10. The fourth-order valence-corrected chi connectivity index (χ4v) is 4.60. The van der Waals surface area contributed by atoms with Gasteiger partial charge in [0.25, 0.3) is 11.8 Å². The third-order valence-electron chi connectivity index (χ3n) is 5.99. The Morgan fingerprint density at radius 1 is 0.881 bits per heavy atom. The van der Waals surface area contributed by atoms with Crippen molar-refractivity contribution >= 4 is 45.9 Å². The average Bonchev–Trinajstić information content (AvgIpc) is 3.50. The van der Waals surface area contributed by atoms with Crippen LogP contribution in [-0.4, -0.2) is 36.7 Å². The highest BCUT2D eigenvalue weighted by Crippen LogP contribution is 2.27. The molecule has 0 aliphatic heterocycles. The van der Waals surface area contributed by atoms with E-state index in [4.69, 9.17) is 9.47 Å². The van der Waals surface area contributed by atoms with Crippen molar-refractivity contribution in [2.45, 2.75) is 0 Å². The quantitative estimate of drug-likeness (QED) is 0.125. The Bertz CT molecular complexity index is 1670. The van der Waals surface area contributed by atoms with Gasteiger partial charge < -0.3 is 20.1 Å². The zero-order valence-electron chi connectivity index (χ0n) is 22.6. The molecule has 3 N–H and O–H groups in total. The second kappa shape index (κ2) is 13.7. The molecule has 0 aliphatic carbocycles. The molecule has 10 heteroatoms. The summed E-state index contributed by atoms with van der Waals surface area (Å²) in [5.41, 5.74) is 6.91. The zero-order chi connectivity index (χ0) is 29.1. The molecule has 9 nitrogen and oxygen atoms in total. The van der Waals surface area contributed by atoms with Crippen LogP contribution in [0, 0.1) is 0 Å². The van der Waals surface area contributed by atoms with E-state index in [0.29, 0.717) is 28.3 Å². The number of nitrogens with one attached hydrogen (secondary N) is 3. The molecule has 0 radical (unpaired) electrons. The number of thiazole rings is 1. The molecule has 0 bridgehead atoms. The number of benzene rings is 4. The summed E-state index contributed by atoms with van der Waals surface area (Å²) in [7, 11) is 1.58. The van der Waals surface area contributed by atoms with Gasteiger partial charge in [0.05, 0.1) is 19.0 Å². The Kier molecular flexibility index (Phi) is 9.17. The maximum Gasteiger partial charge on any atom is 0.271 e. The number of rotatable bonds is 11. The van der Waals surface area contributed by atoms with E-state index in [1.54, 1.807) is 61.7 Å². The van der Waals surface area contributed by atoms with Crippen molar-refractivity contribution in [3.8, 4) is 22.8 Å². The molecule has 1 heterocycles. The summed E-state index contributed by atoms with van der Waals surface area (Å²) in [6, 6.07) is 31.1. The van der Waals surface area contributed by atoms with Gasteiger partial charge in [-0.25, -0.2) is 10.4 Å². The first-order chi connectivity index (χ1) is 20.6. The van der Waals surface area contributed by atoms with E-state index in [1.807, 2.05) is 53.9 Å². The van der Waals surface area contributed by atoms with Gasteiger partial charge >= 0.3 is 0 Å². The highest BCUT2D eigenvalue weighted by Gasteiger charge is 2.09. The molecule has 5 rings (SSSR count). The Morgan fingerprint density at radius 2 is 1.62 bits per heavy atom.